The Kier molecular flexibility index (Phi) is 7.48. The van der Waals surface area contributed by atoms with Gasteiger partial charge in [0.25, 0.3) is 0 Å². The molecule has 6 rings (SSSR count). The van der Waals surface area contributed by atoms with Gasteiger partial charge in [0.2, 0.25) is 0 Å². The lowest BCUT2D eigenvalue weighted by molar-refractivity contribution is -0.148. The van der Waals surface area contributed by atoms with Gasteiger partial charge in [-0.3, -0.25) is 9.59 Å². The van der Waals surface area contributed by atoms with Crippen molar-refractivity contribution in [1.82, 2.24) is 0 Å². The van der Waals surface area contributed by atoms with E-state index in [0.29, 0.717) is 11.4 Å². The first kappa shape index (κ1) is 27.5. The summed E-state index contributed by atoms with van der Waals surface area (Å²) in [4.78, 5) is 22.8. The van der Waals surface area contributed by atoms with Crippen LogP contribution in [0.5, 0.6) is 0 Å². The maximum Gasteiger partial charge on any atom is 0.306 e. The number of carboxylic acids is 1. The van der Waals surface area contributed by atoms with Crippen LogP contribution in [0, 0.1) is 0 Å². The number of anilines is 2. The van der Waals surface area contributed by atoms with Crippen molar-refractivity contribution >= 4 is 67.6 Å². The number of rotatable bonds is 9. The SMILES string of the molecule is CC1(COC(=O)CCC(=O)O)Nc2cccc3c(/N=N/c4ccc(/N=N/c5ccccc5)c5ccccc45)ccc(c23)N1. The Morgan fingerprint density at radius 1 is 0.674 bits per heavy atom. The first-order chi connectivity index (χ1) is 20.9. The zero-order valence-corrected chi connectivity index (χ0v) is 23.3. The molecule has 5 aromatic carbocycles. The molecule has 1 atom stereocenters. The number of nitrogens with zero attached hydrogens (tertiary/aromatic N) is 4. The van der Waals surface area contributed by atoms with Crippen LogP contribution in [0.3, 0.4) is 0 Å². The van der Waals surface area contributed by atoms with Crippen LogP contribution in [0.25, 0.3) is 21.5 Å². The lowest BCUT2D eigenvalue weighted by Crippen LogP contribution is -2.49. The Bertz CT molecular complexity index is 1890. The summed E-state index contributed by atoms with van der Waals surface area (Å²) in [6.45, 7) is 1.89. The maximum atomic E-state index is 12.0. The van der Waals surface area contributed by atoms with Gasteiger partial charge in [-0.2, -0.15) is 5.11 Å². The number of carbonyl (C=O) groups is 2. The van der Waals surface area contributed by atoms with E-state index in [-0.39, 0.29) is 19.4 Å². The number of esters is 1. The van der Waals surface area contributed by atoms with E-state index in [1.807, 2.05) is 104 Å². The largest absolute Gasteiger partial charge is 0.481 e. The van der Waals surface area contributed by atoms with Crippen molar-refractivity contribution in [2.24, 2.45) is 20.5 Å². The van der Waals surface area contributed by atoms with Crippen molar-refractivity contribution in [3.05, 3.63) is 97.1 Å². The van der Waals surface area contributed by atoms with E-state index in [1.54, 1.807) is 0 Å². The maximum absolute atomic E-state index is 12.0. The Morgan fingerprint density at radius 2 is 1.23 bits per heavy atom. The number of hydrogen-bond donors (Lipinski definition) is 3. The second-order valence-electron chi connectivity index (χ2n) is 10.4. The monoisotopic (exact) mass is 572 g/mol. The van der Waals surface area contributed by atoms with Crippen molar-refractivity contribution in [1.29, 1.82) is 0 Å². The standard InChI is InChI=1S/C33H28N6O4/c1-33(20-43-31(42)19-18-30(40)41)34-28-13-7-12-24-27(16-17-29(35-33)32(24)28)39-38-26-15-14-25(22-10-5-6-11-23(22)26)37-36-21-8-3-2-4-9-21/h2-17,34-35H,18-20H2,1H3,(H,40,41)/b37-36+,39-38+. The third-order valence-corrected chi connectivity index (χ3v) is 7.08. The highest BCUT2D eigenvalue weighted by molar-refractivity contribution is 6.10. The molecule has 0 aromatic heterocycles. The average Bonchev–Trinajstić information content (AvgIpc) is 3.02. The minimum atomic E-state index is -1.04. The fourth-order valence-electron chi connectivity index (χ4n) is 5.05. The Morgan fingerprint density at radius 3 is 1.91 bits per heavy atom. The molecule has 0 fully saturated rings. The van der Waals surface area contributed by atoms with Crippen LogP contribution in [-0.4, -0.2) is 29.3 Å². The van der Waals surface area contributed by atoms with Crippen LogP contribution in [-0.2, 0) is 14.3 Å². The molecule has 0 bridgehead atoms. The Hall–Kier alpha value is -5.64. The summed E-state index contributed by atoms with van der Waals surface area (Å²) >= 11 is 0. The average molecular weight is 573 g/mol. The van der Waals surface area contributed by atoms with E-state index < -0.39 is 17.6 Å². The van der Waals surface area contributed by atoms with E-state index in [1.165, 1.54) is 0 Å². The van der Waals surface area contributed by atoms with E-state index in [0.717, 1.165) is 44.3 Å². The quantitative estimate of drug-likeness (QED) is 0.119. The van der Waals surface area contributed by atoms with Crippen molar-refractivity contribution in [2.45, 2.75) is 25.4 Å². The predicted molar refractivity (Wildman–Crippen MR) is 166 cm³/mol. The molecule has 0 saturated heterocycles. The molecular weight excluding hydrogens is 544 g/mol. The van der Waals surface area contributed by atoms with Crippen molar-refractivity contribution < 1.29 is 19.4 Å². The molecule has 0 spiro atoms. The van der Waals surface area contributed by atoms with Crippen LogP contribution < -0.4 is 10.6 Å². The zero-order valence-electron chi connectivity index (χ0n) is 23.3. The molecule has 1 unspecified atom stereocenters. The number of nitrogens with one attached hydrogen (secondary N) is 2. The first-order valence-electron chi connectivity index (χ1n) is 13.8. The topological polar surface area (TPSA) is 137 Å². The smallest absolute Gasteiger partial charge is 0.306 e. The van der Waals surface area contributed by atoms with Crippen LogP contribution in [0.2, 0.25) is 0 Å². The summed E-state index contributed by atoms with van der Waals surface area (Å²) in [6, 6.07) is 31.0. The minimum Gasteiger partial charge on any atom is -0.481 e. The van der Waals surface area contributed by atoms with Gasteiger partial charge in [-0.25, -0.2) is 0 Å². The molecule has 10 heteroatoms. The van der Waals surface area contributed by atoms with Gasteiger partial charge in [0.15, 0.2) is 0 Å². The third kappa shape index (κ3) is 6.03. The molecule has 1 aliphatic heterocycles. The van der Waals surface area contributed by atoms with Crippen LogP contribution in [0.4, 0.5) is 34.1 Å². The van der Waals surface area contributed by atoms with Gasteiger partial charge in [-0.05, 0) is 49.4 Å². The fraction of sp³-hybridized carbons (Fsp3) is 0.152. The number of aliphatic carboxylic acids is 1. The van der Waals surface area contributed by atoms with Gasteiger partial charge in [-0.1, -0.05) is 54.6 Å². The highest BCUT2D eigenvalue weighted by atomic mass is 16.5. The van der Waals surface area contributed by atoms with E-state index >= 15 is 0 Å². The fourth-order valence-corrected chi connectivity index (χ4v) is 5.05. The van der Waals surface area contributed by atoms with Gasteiger partial charge < -0.3 is 20.5 Å². The highest BCUT2D eigenvalue weighted by Gasteiger charge is 2.32. The van der Waals surface area contributed by atoms with Crippen molar-refractivity contribution in [3.8, 4) is 0 Å². The van der Waals surface area contributed by atoms with Gasteiger partial charge in [0.05, 0.1) is 35.6 Å². The summed E-state index contributed by atoms with van der Waals surface area (Å²) in [6.07, 6.45) is -0.447. The summed E-state index contributed by atoms with van der Waals surface area (Å²) in [5.74, 6) is -1.60. The second kappa shape index (κ2) is 11.7. The number of fused-ring (bicyclic) bond motifs is 1. The third-order valence-electron chi connectivity index (χ3n) is 7.08. The predicted octanol–water partition coefficient (Wildman–Crippen LogP) is 8.79. The molecule has 10 nitrogen and oxygen atoms in total. The lowest BCUT2D eigenvalue weighted by Gasteiger charge is -2.38. The van der Waals surface area contributed by atoms with Crippen molar-refractivity contribution in [2.75, 3.05) is 17.2 Å². The number of carboxylic acid groups (broad SMARTS) is 1. The summed E-state index contributed by atoms with van der Waals surface area (Å²) < 4.78 is 5.36. The molecule has 1 heterocycles. The molecule has 3 N–H and O–H groups in total. The van der Waals surface area contributed by atoms with E-state index in [2.05, 4.69) is 31.1 Å². The molecule has 1 aliphatic rings. The van der Waals surface area contributed by atoms with E-state index in [4.69, 9.17) is 9.84 Å². The molecular formula is C33H28N6O4. The van der Waals surface area contributed by atoms with Gasteiger partial charge in [0.1, 0.15) is 12.3 Å². The van der Waals surface area contributed by atoms with Gasteiger partial charge >= 0.3 is 11.9 Å². The lowest BCUT2D eigenvalue weighted by atomic mass is 9.99. The van der Waals surface area contributed by atoms with Crippen molar-refractivity contribution in [3.63, 3.8) is 0 Å². The zero-order chi connectivity index (χ0) is 29.8. The minimum absolute atomic E-state index is 0.0106. The Labute approximate surface area is 247 Å². The normalized spacial score (nSPS) is 15.9. The molecule has 0 aliphatic carbocycles. The number of hydrogen-bond acceptors (Lipinski definition) is 9. The molecule has 214 valence electrons. The molecule has 0 radical (unpaired) electrons. The van der Waals surface area contributed by atoms with Gasteiger partial charge in [0, 0.05) is 32.9 Å². The summed E-state index contributed by atoms with van der Waals surface area (Å²) in [5.41, 5.74) is 3.85. The summed E-state index contributed by atoms with van der Waals surface area (Å²) in [5, 5.41) is 37.5. The number of benzene rings is 5. The van der Waals surface area contributed by atoms with Crippen LogP contribution >= 0.6 is 0 Å². The molecule has 0 amide bonds. The summed E-state index contributed by atoms with van der Waals surface area (Å²) in [7, 11) is 0. The number of ether oxygens (including phenoxy) is 1. The van der Waals surface area contributed by atoms with Gasteiger partial charge in [-0.15, -0.1) is 15.3 Å². The molecule has 5 aromatic rings. The second-order valence-corrected chi connectivity index (χ2v) is 10.4. The number of azo groups is 2. The van der Waals surface area contributed by atoms with E-state index in [9.17, 15) is 9.59 Å². The highest BCUT2D eigenvalue weighted by Crippen LogP contribution is 2.42. The first-order valence-corrected chi connectivity index (χ1v) is 13.8. The molecule has 43 heavy (non-hydrogen) atoms. The Balaban J connectivity index is 1.26. The van der Waals surface area contributed by atoms with Crippen LogP contribution in [0.1, 0.15) is 19.8 Å². The van der Waals surface area contributed by atoms with Crippen LogP contribution in [0.15, 0.2) is 118 Å². The molecule has 0 saturated carbocycles. The number of carbonyl (C=O) groups excluding carboxylic acids is 1.